The lowest BCUT2D eigenvalue weighted by molar-refractivity contribution is -0.142. The number of fused-ring (bicyclic) bond motifs is 3. The number of carbonyl (C=O) groups excluding carboxylic acids is 2. The Hall–Kier alpha value is -3.35. The molecule has 2 amide bonds. The van der Waals surface area contributed by atoms with Gasteiger partial charge in [-0.25, -0.2) is 4.79 Å². The highest BCUT2D eigenvalue weighted by atomic mass is 16.5. The van der Waals surface area contributed by atoms with Crippen molar-refractivity contribution in [2.75, 3.05) is 13.2 Å². The number of hydrogen-bond acceptors (Lipinski definition) is 4. The van der Waals surface area contributed by atoms with Gasteiger partial charge in [-0.15, -0.1) is 0 Å². The molecule has 32 heavy (non-hydrogen) atoms. The zero-order valence-electron chi connectivity index (χ0n) is 18.0. The molecule has 2 aromatic carbocycles. The summed E-state index contributed by atoms with van der Waals surface area (Å²) < 4.78 is 5.53. The summed E-state index contributed by atoms with van der Waals surface area (Å²) in [5, 5.41) is 14.2. The van der Waals surface area contributed by atoms with Crippen LogP contribution in [-0.2, 0) is 14.3 Å². The number of carboxylic acids is 1. The van der Waals surface area contributed by atoms with Crippen molar-refractivity contribution in [2.24, 2.45) is 11.8 Å². The molecule has 7 nitrogen and oxygen atoms in total. The number of alkyl carbamates (subject to hydrolysis) is 1. The maximum absolute atomic E-state index is 12.5. The Labute approximate surface area is 187 Å². The van der Waals surface area contributed by atoms with Crippen LogP contribution in [0.5, 0.6) is 0 Å². The first-order chi connectivity index (χ1) is 15.4. The van der Waals surface area contributed by atoms with Crippen LogP contribution < -0.4 is 10.6 Å². The first kappa shape index (κ1) is 21.9. The summed E-state index contributed by atoms with van der Waals surface area (Å²) in [5.74, 6) is -1.51. The molecule has 0 heterocycles. The number of ether oxygens (including phenoxy) is 1. The van der Waals surface area contributed by atoms with Crippen LogP contribution in [0.3, 0.4) is 0 Å². The third kappa shape index (κ3) is 4.93. The van der Waals surface area contributed by atoms with Gasteiger partial charge in [0.2, 0.25) is 5.91 Å². The molecule has 7 heteroatoms. The molecule has 2 aromatic rings. The predicted octanol–water partition coefficient (Wildman–Crippen LogP) is 3.53. The Kier molecular flexibility index (Phi) is 6.44. The number of nitrogens with one attached hydrogen (secondary N) is 2. The van der Waals surface area contributed by atoms with Gasteiger partial charge < -0.3 is 20.5 Å². The molecule has 2 atom stereocenters. The summed E-state index contributed by atoms with van der Waals surface area (Å²) in [7, 11) is 0. The standard InChI is InChI=1S/C25H28N2O5/c1-15(24(29)30)27-23(28)17(12-16-10-11-16)13-26-25(31)32-14-22-20-8-4-2-6-18(20)19-7-3-5-9-21(19)22/h2-9,15-17,22H,10-14H2,1H3,(H,26,31)(H,27,28)(H,29,30)/t15-,17?/m1/s1. The second kappa shape index (κ2) is 9.42. The van der Waals surface area contributed by atoms with Crippen molar-refractivity contribution < 1.29 is 24.2 Å². The average Bonchev–Trinajstić information content (AvgIpc) is 3.55. The fraction of sp³-hybridized carbons (Fsp3) is 0.400. The molecule has 0 aliphatic heterocycles. The zero-order chi connectivity index (χ0) is 22.7. The second-order valence-corrected chi connectivity index (χ2v) is 8.65. The maximum Gasteiger partial charge on any atom is 0.407 e. The Morgan fingerprint density at radius 2 is 1.62 bits per heavy atom. The quantitative estimate of drug-likeness (QED) is 0.558. The van der Waals surface area contributed by atoms with E-state index in [2.05, 4.69) is 34.9 Å². The summed E-state index contributed by atoms with van der Waals surface area (Å²) >= 11 is 0. The van der Waals surface area contributed by atoms with Gasteiger partial charge in [-0.05, 0) is 41.5 Å². The molecular weight excluding hydrogens is 408 g/mol. The minimum absolute atomic E-state index is 0.0323. The highest BCUT2D eigenvalue weighted by molar-refractivity contribution is 5.85. The Morgan fingerprint density at radius 1 is 1.03 bits per heavy atom. The maximum atomic E-state index is 12.5. The Balaban J connectivity index is 1.34. The fourth-order valence-corrected chi connectivity index (χ4v) is 4.29. The minimum atomic E-state index is -1.09. The molecule has 1 unspecified atom stereocenters. The molecule has 4 rings (SSSR count). The predicted molar refractivity (Wildman–Crippen MR) is 119 cm³/mol. The SMILES string of the molecule is C[C@@H](NC(=O)C(CNC(=O)OCC1c2ccccc2-c2ccccc21)CC1CC1)C(=O)O. The number of carboxylic acid groups (broad SMARTS) is 1. The van der Waals surface area contributed by atoms with Crippen molar-refractivity contribution in [1.82, 2.24) is 10.6 Å². The van der Waals surface area contributed by atoms with Crippen LogP contribution in [0.25, 0.3) is 11.1 Å². The van der Waals surface area contributed by atoms with E-state index in [1.807, 2.05) is 24.3 Å². The number of benzene rings is 2. The van der Waals surface area contributed by atoms with Gasteiger partial charge in [0.1, 0.15) is 12.6 Å². The van der Waals surface area contributed by atoms with Gasteiger partial charge in [-0.3, -0.25) is 9.59 Å². The Morgan fingerprint density at radius 3 is 2.19 bits per heavy atom. The molecule has 0 spiro atoms. The van der Waals surface area contributed by atoms with E-state index in [-0.39, 0.29) is 25.0 Å². The summed E-state index contributed by atoms with van der Waals surface area (Å²) in [6.07, 6.45) is 2.17. The average molecular weight is 437 g/mol. The summed E-state index contributed by atoms with van der Waals surface area (Å²) in [6, 6.07) is 15.3. The van der Waals surface area contributed by atoms with E-state index in [0.29, 0.717) is 12.3 Å². The van der Waals surface area contributed by atoms with E-state index in [0.717, 1.165) is 35.1 Å². The first-order valence-corrected chi connectivity index (χ1v) is 11.1. The van der Waals surface area contributed by atoms with Crippen molar-refractivity contribution in [3.8, 4) is 11.1 Å². The third-order valence-electron chi connectivity index (χ3n) is 6.25. The highest BCUT2D eigenvalue weighted by Crippen LogP contribution is 2.44. The lowest BCUT2D eigenvalue weighted by Gasteiger charge is -2.19. The van der Waals surface area contributed by atoms with Gasteiger partial charge >= 0.3 is 12.1 Å². The van der Waals surface area contributed by atoms with Gasteiger partial charge in [-0.1, -0.05) is 61.4 Å². The van der Waals surface area contributed by atoms with Crippen LogP contribution in [0.15, 0.2) is 48.5 Å². The van der Waals surface area contributed by atoms with E-state index in [1.54, 1.807) is 0 Å². The third-order valence-corrected chi connectivity index (χ3v) is 6.25. The van der Waals surface area contributed by atoms with Crippen LogP contribution in [0, 0.1) is 11.8 Å². The smallest absolute Gasteiger partial charge is 0.407 e. The lowest BCUT2D eigenvalue weighted by atomic mass is 9.98. The number of carbonyl (C=O) groups is 3. The van der Waals surface area contributed by atoms with Crippen molar-refractivity contribution in [2.45, 2.75) is 38.1 Å². The molecule has 2 aliphatic carbocycles. The van der Waals surface area contributed by atoms with Crippen LogP contribution in [0.4, 0.5) is 4.79 Å². The van der Waals surface area contributed by atoms with E-state index < -0.39 is 24.0 Å². The highest BCUT2D eigenvalue weighted by Gasteiger charge is 2.32. The molecule has 0 aromatic heterocycles. The normalized spacial score (nSPS) is 16.4. The number of rotatable bonds is 9. The summed E-state index contributed by atoms with van der Waals surface area (Å²) in [5.41, 5.74) is 4.59. The van der Waals surface area contributed by atoms with Gasteiger partial charge in [-0.2, -0.15) is 0 Å². The molecule has 1 saturated carbocycles. The van der Waals surface area contributed by atoms with Gasteiger partial charge in [0.15, 0.2) is 0 Å². The van der Waals surface area contributed by atoms with Gasteiger partial charge in [0.05, 0.1) is 5.92 Å². The molecule has 2 aliphatic rings. The van der Waals surface area contributed by atoms with Crippen LogP contribution in [0.1, 0.15) is 43.2 Å². The van der Waals surface area contributed by atoms with E-state index in [1.165, 1.54) is 6.92 Å². The minimum Gasteiger partial charge on any atom is -0.480 e. The molecule has 1 fully saturated rings. The van der Waals surface area contributed by atoms with Crippen LogP contribution >= 0.6 is 0 Å². The fourth-order valence-electron chi connectivity index (χ4n) is 4.29. The van der Waals surface area contributed by atoms with Crippen LogP contribution in [-0.4, -0.2) is 42.3 Å². The summed E-state index contributed by atoms with van der Waals surface area (Å²) in [6.45, 7) is 1.74. The number of hydrogen-bond donors (Lipinski definition) is 3. The second-order valence-electron chi connectivity index (χ2n) is 8.65. The van der Waals surface area contributed by atoms with Gasteiger partial charge in [0.25, 0.3) is 0 Å². The van der Waals surface area contributed by atoms with Crippen molar-refractivity contribution in [3.05, 3.63) is 59.7 Å². The zero-order valence-corrected chi connectivity index (χ0v) is 18.0. The number of amides is 2. The van der Waals surface area contributed by atoms with E-state index >= 15 is 0 Å². The molecule has 3 N–H and O–H groups in total. The monoisotopic (exact) mass is 436 g/mol. The van der Waals surface area contributed by atoms with E-state index in [9.17, 15) is 14.4 Å². The first-order valence-electron chi connectivity index (χ1n) is 11.1. The molecule has 168 valence electrons. The molecule has 0 radical (unpaired) electrons. The van der Waals surface area contributed by atoms with Crippen molar-refractivity contribution >= 4 is 18.0 Å². The number of aliphatic carboxylic acids is 1. The Bertz CT molecular complexity index is 971. The largest absolute Gasteiger partial charge is 0.480 e. The van der Waals surface area contributed by atoms with Crippen LogP contribution in [0.2, 0.25) is 0 Å². The van der Waals surface area contributed by atoms with Crippen molar-refractivity contribution in [1.29, 1.82) is 0 Å². The van der Waals surface area contributed by atoms with Crippen molar-refractivity contribution in [3.63, 3.8) is 0 Å². The molecule has 0 saturated heterocycles. The topological polar surface area (TPSA) is 105 Å². The molecule has 0 bridgehead atoms. The molecular formula is C25H28N2O5. The van der Waals surface area contributed by atoms with Gasteiger partial charge in [0, 0.05) is 12.5 Å². The lowest BCUT2D eigenvalue weighted by Crippen LogP contribution is -2.45. The summed E-state index contributed by atoms with van der Waals surface area (Å²) in [4.78, 5) is 36.0. The van der Waals surface area contributed by atoms with E-state index in [4.69, 9.17) is 9.84 Å².